The van der Waals surface area contributed by atoms with Crippen LogP contribution in [0.15, 0.2) is 70.1 Å². The molecule has 5 aromatic rings. The van der Waals surface area contributed by atoms with Crippen LogP contribution in [0.1, 0.15) is 79.4 Å². The van der Waals surface area contributed by atoms with Crippen LogP contribution in [0.3, 0.4) is 0 Å². The molecule has 0 aliphatic carbocycles. The van der Waals surface area contributed by atoms with E-state index >= 15 is 4.39 Å². The summed E-state index contributed by atoms with van der Waals surface area (Å²) in [5.41, 5.74) is 3.11. The SMILES string of the molecule is Cc1cccc(C)c1-c1cc2nc(n1)NS(=O)(=O)c1cccc(c1)C(=O)N(Cc1cnc3oc(C(C)C)cc3n1)C(CCC(C)(C)F)CO2. The molecule has 13 heteroatoms. The van der Waals surface area contributed by atoms with Gasteiger partial charge >= 0.3 is 0 Å². The number of rotatable bonds is 7. The van der Waals surface area contributed by atoms with E-state index in [4.69, 9.17) is 14.1 Å². The summed E-state index contributed by atoms with van der Waals surface area (Å²) >= 11 is 0. The van der Waals surface area contributed by atoms with Crippen molar-refractivity contribution in [1.29, 1.82) is 0 Å². The maximum Gasteiger partial charge on any atom is 0.264 e. The largest absolute Gasteiger partial charge is 0.475 e. The lowest BCUT2D eigenvalue weighted by molar-refractivity contribution is 0.0532. The number of carbonyl (C=O) groups is 1. The maximum atomic E-state index is 15.0. The lowest BCUT2D eigenvalue weighted by atomic mass is 9.99. The molecule has 1 aliphatic rings. The molecule has 0 radical (unpaired) electrons. The number of ether oxygens (including phenoxy) is 1. The highest BCUT2D eigenvalue weighted by Gasteiger charge is 2.31. The van der Waals surface area contributed by atoms with Gasteiger partial charge in [0.2, 0.25) is 17.5 Å². The summed E-state index contributed by atoms with van der Waals surface area (Å²) in [6.45, 7) is 10.8. The highest BCUT2D eigenvalue weighted by molar-refractivity contribution is 7.92. The average Bonchev–Trinajstić information content (AvgIpc) is 3.47. The smallest absolute Gasteiger partial charge is 0.264 e. The second-order valence-corrected chi connectivity index (χ2v) is 15.0. The van der Waals surface area contributed by atoms with Gasteiger partial charge < -0.3 is 14.1 Å². The summed E-state index contributed by atoms with van der Waals surface area (Å²) in [6.07, 6.45) is 1.89. The van der Waals surface area contributed by atoms with Crippen LogP contribution < -0.4 is 9.46 Å². The van der Waals surface area contributed by atoms with Gasteiger partial charge in [0.15, 0.2) is 0 Å². The molecular formula is C36H39FN6O5S. The summed E-state index contributed by atoms with van der Waals surface area (Å²) in [5.74, 6) is 0.287. The number of aryl methyl sites for hydroxylation is 2. The van der Waals surface area contributed by atoms with Crippen LogP contribution in [-0.2, 0) is 16.6 Å². The summed E-state index contributed by atoms with van der Waals surface area (Å²) in [4.78, 5) is 33.9. The molecular weight excluding hydrogens is 647 g/mol. The number of halogens is 1. The number of sulfonamides is 1. The van der Waals surface area contributed by atoms with Gasteiger partial charge in [-0.15, -0.1) is 0 Å². The van der Waals surface area contributed by atoms with Gasteiger partial charge in [0, 0.05) is 29.2 Å². The highest BCUT2D eigenvalue weighted by Crippen LogP contribution is 2.31. The molecule has 256 valence electrons. The van der Waals surface area contributed by atoms with Crippen molar-refractivity contribution in [3.63, 3.8) is 0 Å². The minimum atomic E-state index is -4.23. The predicted octanol–water partition coefficient (Wildman–Crippen LogP) is 7.15. The van der Waals surface area contributed by atoms with Crippen LogP contribution in [0.2, 0.25) is 0 Å². The minimum Gasteiger partial charge on any atom is -0.475 e. The van der Waals surface area contributed by atoms with Crippen molar-refractivity contribution in [2.75, 3.05) is 11.3 Å². The molecule has 1 aliphatic heterocycles. The highest BCUT2D eigenvalue weighted by atomic mass is 32.2. The number of hydrogen-bond acceptors (Lipinski definition) is 9. The number of fused-ring (bicyclic) bond motifs is 5. The molecule has 0 saturated carbocycles. The van der Waals surface area contributed by atoms with Gasteiger partial charge in [-0.3, -0.25) is 4.79 Å². The summed E-state index contributed by atoms with van der Waals surface area (Å²) in [5, 5.41) is 0. The van der Waals surface area contributed by atoms with Crippen molar-refractivity contribution in [2.24, 2.45) is 0 Å². The van der Waals surface area contributed by atoms with E-state index in [1.807, 2.05) is 52.0 Å². The molecule has 1 atom stereocenters. The Balaban J connectivity index is 1.48. The standard InChI is InChI=1S/C36H39FN6O5S/c1-21(2)30-16-29-33(48-30)38-18-25(39-29)19-43-26(13-14-36(5,6)37)20-47-31-17-28(32-22(3)9-7-10-23(32)4)40-35(41-31)42-49(45,46)27-12-8-11-24(15-27)34(43)44/h7-12,15-18,21,26H,13-14,19-20H2,1-6H3,(H,40,41,42). The molecule has 0 saturated heterocycles. The zero-order chi connectivity index (χ0) is 35.1. The van der Waals surface area contributed by atoms with Crippen molar-refractivity contribution in [1.82, 2.24) is 24.8 Å². The Labute approximate surface area is 285 Å². The number of benzene rings is 2. The number of hydrogen-bond donors (Lipinski definition) is 1. The number of amides is 1. The van der Waals surface area contributed by atoms with Gasteiger partial charge in [0.25, 0.3) is 15.9 Å². The first-order valence-electron chi connectivity index (χ1n) is 16.1. The first-order chi connectivity index (χ1) is 23.2. The fraction of sp³-hybridized carbons (Fsp3) is 0.361. The van der Waals surface area contributed by atoms with Crippen LogP contribution in [0.4, 0.5) is 10.3 Å². The van der Waals surface area contributed by atoms with E-state index in [1.165, 1.54) is 36.9 Å². The first-order valence-corrected chi connectivity index (χ1v) is 17.6. The topological polar surface area (TPSA) is 140 Å². The zero-order valence-electron chi connectivity index (χ0n) is 28.3. The molecule has 4 bridgehead atoms. The first kappa shape index (κ1) is 34.0. The average molecular weight is 687 g/mol. The van der Waals surface area contributed by atoms with Crippen LogP contribution in [0.25, 0.3) is 22.5 Å². The van der Waals surface area contributed by atoms with E-state index in [9.17, 15) is 13.2 Å². The Hall–Kier alpha value is -4.91. The van der Waals surface area contributed by atoms with E-state index < -0.39 is 27.6 Å². The third-order valence-corrected chi connectivity index (χ3v) is 9.79. The molecule has 0 fully saturated rings. The van der Waals surface area contributed by atoms with Crippen LogP contribution in [-0.4, -0.2) is 57.5 Å². The second kappa shape index (κ2) is 13.2. The van der Waals surface area contributed by atoms with Crippen molar-refractivity contribution < 1.29 is 26.8 Å². The van der Waals surface area contributed by atoms with Crippen molar-refractivity contribution in [3.05, 3.63) is 88.9 Å². The zero-order valence-corrected chi connectivity index (χ0v) is 29.1. The Morgan fingerprint density at radius 2 is 1.78 bits per heavy atom. The number of anilines is 1. The molecule has 49 heavy (non-hydrogen) atoms. The summed E-state index contributed by atoms with van der Waals surface area (Å²) in [6, 6.07) is 14.3. The van der Waals surface area contributed by atoms with Crippen molar-refractivity contribution in [3.8, 4) is 17.1 Å². The number of aromatic nitrogens is 4. The number of alkyl halides is 1. The van der Waals surface area contributed by atoms with Crippen LogP contribution >= 0.6 is 0 Å². The number of nitrogens with one attached hydrogen (secondary N) is 1. The monoisotopic (exact) mass is 686 g/mol. The minimum absolute atomic E-state index is 0.0113. The van der Waals surface area contributed by atoms with E-state index in [-0.39, 0.29) is 54.2 Å². The Morgan fingerprint density at radius 1 is 1.04 bits per heavy atom. The molecule has 1 unspecified atom stereocenters. The fourth-order valence-electron chi connectivity index (χ4n) is 5.83. The van der Waals surface area contributed by atoms with E-state index in [2.05, 4.69) is 19.7 Å². The van der Waals surface area contributed by atoms with Gasteiger partial charge in [-0.1, -0.05) is 38.1 Å². The van der Waals surface area contributed by atoms with Gasteiger partial charge in [0.05, 0.1) is 35.1 Å². The molecule has 11 nitrogen and oxygen atoms in total. The van der Waals surface area contributed by atoms with Gasteiger partial charge in [-0.2, -0.15) is 4.98 Å². The van der Waals surface area contributed by atoms with Crippen molar-refractivity contribution >= 4 is 33.1 Å². The predicted molar refractivity (Wildman–Crippen MR) is 184 cm³/mol. The van der Waals surface area contributed by atoms with Crippen LogP contribution in [0.5, 0.6) is 5.88 Å². The van der Waals surface area contributed by atoms with Gasteiger partial charge in [-0.05, 0) is 69.9 Å². The molecule has 4 heterocycles. The third kappa shape index (κ3) is 7.56. The number of carbonyl (C=O) groups excluding carboxylic acids is 1. The lowest BCUT2D eigenvalue weighted by Gasteiger charge is -2.33. The molecule has 1 N–H and O–H groups in total. The van der Waals surface area contributed by atoms with Crippen molar-refractivity contribution in [2.45, 2.75) is 83.5 Å². The Morgan fingerprint density at radius 3 is 2.49 bits per heavy atom. The van der Waals surface area contributed by atoms with Gasteiger partial charge in [-0.25, -0.2) is 32.5 Å². The molecule has 1 amide bonds. The fourth-order valence-corrected chi connectivity index (χ4v) is 6.82. The third-order valence-electron chi connectivity index (χ3n) is 8.46. The molecule has 3 aromatic heterocycles. The lowest BCUT2D eigenvalue weighted by Crippen LogP contribution is -2.44. The van der Waals surface area contributed by atoms with E-state index in [0.717, 1.165) is 22.5 Å². The normalized spacial score (nSPS) is 16.4. The van der Waals surface area contributed by atoms with Gasteiger partial charge in [0.1, 0.15) is 23.6 Å². The van der Waals surface area contributed by atoms with Crippen LogP contribution in [0, 0.1) is 13.8 Å². The summed E-state index contributed by atoms with van der Waals surface area (Å²) in [7, 11) is -4.23. The Bertz CT molecular complexity index is 2120. The number of furan rings is 1. The number of nitrogens with zero attached hydrogens (tertiary/aromatic N) is 5. The summed E-state index contributed by atoms with van der Waals surface area (Å²) < 4.78 is 56.9. The molecule has 2 aromatic carbocycles. The van der Waals surface area contributed by atoms with E-state index in [1.54, 1.807) is 18.3 Å². The maximum absolute atomic E-state index is 15.0. The quantitative estimate of drug-likeness (QED) is 0.189. The second-order valence-electron chi connectivity index (χ2n) is 13.3. The molecule has 6 rings (SSSR count). The van der Waals surface area contributed by atoms with E-state index in [0.29, 0.717) is 22.6 Å². The molecule has 0 spiro atoms. The Kier molecular flexibility index (Phi) is 9.14.